The van der Waals surface area contributed by atoms with Crippen LogP contribution in [0.15, 0.2) is 61.1 Å². The molecule has 4 heterocycles. The molecule has 1 saturated heterocycles. The first-order chi connectivity index (χ1) is 17.7. The van der Waals surface area contributed by atoms with E-state index in [0.29, 0.717) is 24.4 Å². The molecule has 194 valence electrons. The second kappa shape index (κ2) is 9.98. The summed E-state index contributed by atoms with van der Waals surface area (Å²) in [6.45, 7) is 5.76. The van der Waals surface area contributed by atoms with E-state index in [1.807, 2.05) is 35.0 Å². The molecule has 0 aliphatic carbocycles. The van der Waals surface area contributed by atoms with Crippen molar-refractivity contribution >= 4 is 44.2 Å². The fourth-order valence-corrected chi connectivity index (χ4v) is 4.98. The van der Waals surface area contributed by atoms with Crippen LogP contribution in [0, 0.1) is 0 Å². The van der Waals surface area contributed by atoms with Gasteiger partial charge in [0.15, 0.2) is 0 Å². The van der Waals surface area contributed by atoms with Gasteiger partial charge in [0.2, 0.25) is 16.0 Å². The van der Waals surface area contributed by atoms with Crippen LogP contribution in [0.4, 0.5) is 23.1 Å². The van der Waals surface area contributed by atoms with Gasteiger partial charge in [-0.05, 0) is 50.4 Å². The topological polar surface area (TPSA) is 99.5 Å². The van der Waals surface area contributed by atoms with Crippen molar-refractivity contribution in [2.75, 3.05) is 54.5 Å². The minimum Gasteiger partial charge on any atom is -0.369 e. The fraction of sp³-hybridized carbons (Fsp3) is 0.346. The predicted octanol–water partition coefficient (Wildman–Crippen LogP) is 3.15. The Hall–Kier alpha value is -3.70. The SMILES string of the molecule is CC1CN(c2ccc(Nc3ncc4ccn(Cc5cccnc5N(C)S(C)(=O)=O)c4n3)cc2)CCN1C. The minimum absolute atomic E-state index is 0.397. The summed E-state index contributed by atoms with van der Waals surface area (Å²) in [7, 11) is 0.245. The molecule has 5 rings (SSSR count). The summed E-state index contributed by atoms with van der Waals surface area (Å²) in [5.41, 5.74) is 3.64. The van der Waals surface area contributed by atoms with Crippen LogP contribution in [0.5, 0.6) is 0 Å². The number of nitrogens with zero attached hydrogens (tertiary/aromatic N) is 7. The normalized spacial score (nSPS) is 16.8. The maximum atomic E-state index is 12.1. The molecule has 0 radical (unpaired) electrons. The number of nitrogens with one attached hydrogen (secondary N) is 1. The van der Waals surface area contributed by atoms with Crippen molar-refractivity contribution in [1.82, 2.24) is 24.4 Å². The quantitative estimate of drug-likeness (QED) is 0.397. The number of aromatic nitrogens is 4. The first kappa shape index (κ1) is 25.0. The lowest BCUT2D eigenvalue weighted by Gasteiger charge is -2.39. The monoisotopic (exact) mass is 520 g/mol. The second-order valence-electron chi connectivity index (χ2n) is 9.58. The van der Waals surface area contributed by atoms with E-state index in [2.05, 4.69) is 51.2 Å². The molecule has 11 heteroatoms. The average Bonchev–Trinajstić information content (AvgIpc) is 3.27. The molecule has 1 aromatic carbocycles. The van der Waals surface area contributed by atoms with Crippen LogP contribution in [0.3, 0.4) is 0 Å². The van der Waals surface area contributed by atoms with Gasteiger partial charge < -0.3 is 19.7 Å². The lowest BCUT2D eigenvalue weighted by atomic mass is 10.1. The van der Waals surface area contributed by atoms with Crippen LogP contribution in [0.2, 0.25) is 0 Å². The largest absolute Gasteiger partial charge is 0.369 e. The van der Waals surface area contributed by atoms with Crippen molar-refractivity contribution in [1.29, 1.82) is 0 Å². The highest BCUT2D eigenvalue weighted by Gasteiger charge is 2.21. The molecule has 4 aromatic rings. The summed E-state index contributed by atoms with van der Waals surface area (Å²) < 4.78 is 27.4. The summed E-state index contributed by atoms with van der Waals surface area (Å²) in [5, 5.41) is 4.21. The Labute approximate surface area is 217 Å². The Kier molecular flexibility index (Phi) is 6.74. The minimum atomic E-state index is -3.44. The van der Waals surface area contributed by atoms with Crippen LogP contribution in [0.1, 0.15) is 12.5 Å². The van der Waals surface area contributed by atoms with Gasteiger partial charge in [0, 0.05) is 73.6 Å². The van der Waals surface area contributed by atoms with Crippen LogP contribution in [0.25, 0.3) is 11.0 Å². The lowest BCUT2D eigenvalue weighted by molar-refractivity contribution is 0.234. The maximum Gasteiger partial charge on any atom is 0.233 e. The third-order valence-corrected chi connectivity index (χ3v) is 8.12. The zero-order valence-electron chi connectivity index (χ0n) is 21.5. The van der Waals surface area contributed by atoms with Gasteiger partial charge in [-0.1, -0.05) is 6.07 Å². The molecule has 1 atom stereocenters. The van der Waals surface area contributed by atoms with Gasteiger partial charge in [-0.3, -0.25) is 4.31 Å². The number of benzene rings is 1. The number of likely N-dealkylation sites (N-methyl/N-ethyl adjacent to an activating group) is 1. The molecular formula is C26H32N8O2S. The molecule has 0 bridgehead atoms. The smallest absolute Gasteiger partial charge is 0.233 e. The summed E-state index contributed by atoms with van der Waals surface area (Å²) in [5.74, 6) is 0.891. The fourth-order valence-electron chi connectivity index (χ4n) is 4.50. The van der Waals surface area contributed by atoms with E-state index < -0.39 is 10.0 Å². The molecule has 0 amide bonds. The number of anilines is 4. The molecule has 1 aliphatic heterocycles. The van der Waals surface area contributed by atoms with E-state index in [-0.39, 0.29) is 0 Å². The van der Waals surface area contributed by atoms with E-state index in [1.165, 1.54) is 23.3 Å². The number of rotatable bonds is 7. The number of hydrogen-bond acceptors (Lipinski definition) is 8. The molecule has 37 heavy (non-hydrogen) atoms. The van der Waals surface area contributed by atoms with E-state index in [1.54, 1.807) is 18.5 Å². The molecule has 0 saturated carbocycles. The molecule has 1 fully saturated rings. The Morgan fingerprint density at radius 2 is 1.89 bits per heavy atom. The summed E-state index contributed by atoms with van der Waals surface area (Å²) in [4.78, 5) is 18.3. The summed E-state index contributed by atoms with van der Waals surface area (Å²) in [6, 6.07) is 14.5. The number of pyridine rings is 1. The van der Waals surface area contributed by atoms with Gasteiger partial charge >= 0.3 is 0 Å². The molecule has 0 spiro atoms. The molecule has 1 unspecified atom stereocenters. The van der Waals surface area contributed by atoms with Crippen LogP contribution in [-0.2, 0) is 16.6 Å². The van der Waals surface area contributed by atoms with Crippen molar-refractivity contribution in [3.8, 4) is 0 Å². The standard InChI is InChI=1S/C26H32N8O2S/c1-19-17-33(15-14-31(19)2)23-9-7-22(8-10-23)29-26-28-16-20-11-13-34(25(20)30-26)18-21-6-5-12-27-24(21)32(3)37(4,35)36/h5-13,16,19H,14-15,17-18H2,1-4H3,(H,28,29,30). The van der Waals surface area contributed by atoms with Gasteiger partial charge in [0.25, 0.3) is 0 Å². The van der Waals surface area contributed by atoms with Crippen molar-refractivity contribution < 1.29 is 8.42 Å². The van der Waals surface area contributed by atoms with Crippen LogP contribution >= 0.6 is 0 Å². The van der Waals surface area contributed by atoms with Gasteiger partial charge in [-0.25, -0.2) is 18.4 Å². The number of sulfonamides is 1. The molecule has 1 N–H and O–H groups in total. The van der Waals surface area contributed by atoms with Gasteiger partial charge in [-0.15, -0.1) is 0 Å². The predicted molar refractivity (Wildman–Crippen MR) is 148 cm³/mol. The Morgan fingerprint density at radius 3 is 2.62 bits per heavy atom. The zero-order valence-corrected chi connectivity index (χ0v) is 22.4. The zero-order chi connectivity index (χ0) is 26.2. The lowest BCUT2D eigenvalue weighted by Crippen LogP contribution is -2.50. The number of hydrogen-bond donors (Lipinski definition) is 1. The third-order valence-electron chi connectivity index (χ3n) is 6.95. The highest BCUT2D eigenvalue weighted by atomic mass is 32.2. The van der Waals surface area contributed by atoms with Gasteiger partial charge in [0.05, 0.1) is 12.8 Å². The van der Waals surface area contributed by atoms with Crippen molar-refractivity contribution in [2.45, 2.75) is 19.5 Å². The van der Waals surface area contributed by atoms with Gasteiger partial charge in [0.1, 0.15) is 11.5 Å². The molecular weight excluding hydrogens is 488 g/mol. The highest BCUT2D eigenvalue weighted by Crippen LogP contribution is 2.25. The van der Waals surface area contributed by atoms with E-state index >= 15 is 0 Å². The van der Waals surface area contributed by atoms with E-state index in [9.17, 15) is 8.42 Å². The number of piperazine rings is 1. The Morgan fingerprint density at radius 1 is 1.11 bits per heavy atom. The maximum absolute atomic E-state index is 12.1. The molecule has 3 aromatic heterocycles. The highest BCUT2D eigenvalue weighted by molar-refractivity contribution is 7.92. The third kappa shape index (κ3) is 5.37. The van der Waals surface area contributed by atoms with Crippen molar-refractivity contribution in [2.24, 2.45) is 0 Å². The van der Waals surface area contributed by atoms with Crippen molar-refractivity contribution in [3.63, 3.8) is 0 Å². The summed E-state index contributed by atoms with van der Waals surface area (Å²) >= 11 is 0. The van der Waals surface area contributed by atoms with Crippen LogP contribution in [-0.4, -0.2) is 78.9 Å². The van der Waals surface area contributed by atoms with E-state index in [0.717, 1.165) is 41.9 Å². The Balaban J connectivity index is 1.35. The average molecular weight is 521 g/mol. The Bertz CT molecular complexity index is 1500. The number of fused-ring (bicyclic) bond motifs is 1. The first-order valence-corrected chi connectivity index (χ1v) is 14.1. The first-order valence-electron chi connectivity index (χ1n) is 12.2. The summed E-state index contributed by atoms with van der Waals surface area (Å²) in [6.07, 6.45) is 6.47. The van der Waals surface area contributed by atoms with Crippen molar-refractivity contribution in [3.05, 3.63) is 66.6 Å². The molecule has 10 nitrogen and oxygen atoms in total. The molecule has 1 aliphatic rings. The second-order valence-corrected chi connectivity index (χ2v) is 11.6. The van der Waals surface area contributed by atoms with E-state index in [4.69, 9.17) is 4.98 Å². The van der Waals surface area contributed by atoms with Crippen LogP contribution < -0.4 is 14.5 Å². The van der Waals surface area contributed by atoms with Gasteiger partial charge in [-0.2, -0.15) is 4.98 Å².